The van der Waals surface area contributed by atoms with E-state index in [2.05, 4.69) is 19.2 Å². The van der Waals surface area contributed by atoms with E-state index in [0.717, 1.165) is 25.0 Å². The summed E-state index contributed by atoms with van der Waals surface area (Å²) in [6, 6.07) is 4.88. The van der Waals surface area contributed by atoms with Gasteiger partial charge in [-0.05, 0) is 37.2 Å². The molecule has 3 amide bonds. The number of rotatable bonds is 5. The molecule has 3 rings (SSSR count). The number of nitrogens with zero attached hydrogens (tertiary/aromatic N) is 2. The van der Waals surface area contributed by atoms with Gasteiger partial charge in [0.1, 0.15) is 0 Å². The van der Waals surface area contributed by atoms with Crippen molar-refractivity contribution in [1.82, 2.24) is 14.8 Å². The second kappa shape index (κ2) is 7.51. The normalized spacial score (nSPS) is 24.3. The van der Waals surface area contributed by atoms with Gasteiger partial charge in [-0.25, -0.2) is 4.79 Å². The molecule has 0 aromatic carbocycles. The zero-order chi connectivity index (χ0) is 18.8. The number of carbonyl (C=O) groups is 2. The molecule has 7 heteroatoms. The van der Waals surface area contributed by atoms with Crippen molar-refractivity contribution in [1.29, 1.82) is 0 Å². The van der Waals surface area contributed by atoms with E-state index >= 15 is 0 Å². The van der Waals surface area contributed by atoms with Gasteiger partial charge < -0.3 is 20.5 Å². The standard InChI is InChI=1S/C19H28N4O3/c1-12(2)6-7-16-14-8-13(15-4-3-5-17(24)23(15)16)10-22(11-14)18(25)9-21-19(20)26/h3-5,12-14,16H,6-11H2,1-2H3,(H3,20,21,26)/t13-,14+,16+/m1/s1. The Hall–Kier alpha value is -2.31. The summed E-state index contributed by atoms with van der Waals surface area (Å²) in [5.74, 6) is 0.873. The lowest BCUT2D eigenvalue weighted by molar-refractivity contribution is -0.133. The maximum Gasteiger partial charge on any atom is 0.312 e. The smallest absolute Gasteiger partial charge is 0.312 e. The largest absolute Gasteiger partial charge is 0.352 e. The molecule has 0 saturated carbocycles. The number of hydrogen-bond acceptors (Lipinski definition) is 3. The van der Waals surface area contributed by atoms with Crippen molar-refractivity contribution in [3.8, 4) is 0 Å². The lowest BCUT2D eigenvalue weighted by Gasteiger charge is -2.47. The molecule has 3 heterocycles. The van der Waals surface area contributed by atoms with Crippen LogP contribution in [0, 0.1) is 11.8 Å². The van der Waals surface area contributed by atoms with Crippen LogP contribution in [0.3, 0.4) is 0 Å². The second-order valence-electron chi connectivity index (χ2n) is 7.91. The Bertz CT molecular complexity index is 743. The number of likely N-dealkylation sites (tertiary alicyclic amines) is 1. The maximum atomic E-state index is 12.6. The van der Waals surface area contributed by atoms with Crippen molar-refractivity contribution in [2.45, 2.75) is 45.1 Å². The van der Waals surface area contributed by atoms with E-state index < -0.39 is 6.03 Å². The summed E-state index contributed by atoms with van der Waals surface area (Å²) in [6.45, 7) is 5.50. The Morgan fingerprint density at radius 3 is 2.77 bits per heavy atom. The lowest BCUT2D eigenvalue weighted by atomic mass is 9.76. The summed E-state index contributed by atoms with van der Waals surface area (Å²) >= 11 is 0. The van der Waals surface area contributed by atoms with Crippen LogP contribution in [0.4, 0.5) is 4.79 Å². The van der Waals surface area contributed by atoms with Crippen molar-refractivity contribution in [2.75, 3.05) is 19.6 Å². The van der Waals surface area contributed by atoms with Crippen LogP contribution < -0.4 is 16.6 Å². The molecule has 1 aromatic heterocycles. The number of urea groups is 1. The molecule has 7 nitrogen and oxygen atoms in total. The first kappa shape index (κ1) is 18.5. The number of fused-ring (bicyclic) bond motifs is 4. The van der Waals surface area contributed by atoms with Gasteiger partial charge in [0, 0.05) is 36.8 Å². The molecule has 1 saturated heterocycles. The quantitative estimate of drug-likeness (QED) is 0.831. The fourth-order valence-electron chi connectivity index (χ4n) is 4.39. The molecule has 2 aliphatic heterocycles. The summed E-state index contributed by atoms with van der Waals surface area (Å²) < 4.78 is 1.98. The Morgan fingerprint density at radius 2 is 2.08 bits per heavy atom. The number of hydrogen-bond donors (Lipinski definition) is 2. The minimum atomic E-state index is -0.692. The molecule has 1 fully saturated rings. The van der Waals surface area contributed by atoms with Gasteiger partial charge in [0.15, 0.2) is 0 Å². The van der Waals surface area contributed by atoms with Crippen molar-refractivity contribution in [3.63, 3.8) is 0 Å². The lowest BCUT2D eigenvalue weighted by Crippen LogP contribution is -2.53. The predicted molar refractivity (Wildman–Crippen MR) is 98.8 cm³/mol. The first-order valence-corrected chi connectivity index (χ1v) is 9.39. The highest BCUT2D eigenvalue weighted by molar-refractivity contribution is 5.83. The first-order valence-electron chi connectivity index (χ1n) is 9.39. The van der Waals surface area contributed by atoms with Crippen LogP contribution in [0.15, 0.2) is 23.0 Å². The molecule has 3 N–H and O–H groups in total. The molecule has 0 spiro atoms. The Balaban J connectivity index is 1.86. The molecule has 2 aliphatic rings. The topological polar surface area (TPSA) is 97.4 Å². The Morgan fingerprint density at radius 1 is 1.31 bits per heavy atom. The zero-order valence-corrected chi connectivity index (χ0v) is 15.5. The third kappa shape index (κ3) is 3.76. The fourth-order valence-corrected chi connectivity index (χ4v) is 4.39. The van der Waals surface area contributed by atoms with Gasteiger partial charge in [0.2, 0.25) is 5.91 Å². The second-order valence-corrected chi connectivity index (χ2v) is 7.91. The number of nitrogens with one attached hydrogen (secondary N) is 1. The van der Waals surface area contributed by atoms with Crippen molar-refractivity contribution in [2.24, 2.45) is 17.6 Å². The van der Waals surface area contributed by atoms with Gasteiger partial charge in [0.25, 0.3) is 5.56 Å². The van der Waals surface area contributed by atoms with Gasteiger partial charge in [-0.1, -0.05) is 19.9 Å². The molecule has 0 unspecified atom stereocenters. The molecular formula is C19H28N4O3. The van der Waals surface area contributed by atoms with E-state index in [1.807, 2.05) is 21.6 Å². The zero-order valence-electron chi connectivity index (χ0n) is 15.5. The van der Waals surface area contributed by atoms with E-state index in [1.165, 1.54) is 0 Å². The van der Waals surface area contributed by atoms with Crippen molar-refractivity contribution in [3.05, 3.63) is 34.2 Å². The van der Waals surface area contributed by atoms with Crippen LogP contribution in [0.1, 0.15) is 50.8 Å². The third-order valence-corrected chi connectivity index (χ3v) is 5.60. The van der Waals surface area contributed by atoms with Gasteiger partial charge in [-0.2, -0.15) is 0 Å². The van der Waals surface area contributed by atoms with Crippen LogP contribution >= 0.6 is 0 Å². The minimum Gasteiger partial charge on any atom is -0.352 e. The summed E-state index contributed by atoms with van der Waals surface area (Å²) in [6.07, 6.45) is 2.98. The molecule has 0 radical (unpaired) electrons. The highest BCUT2D eigenvalue weighted by Crippen LogP contribution is 2.43. The highest BCUT2D eigenvalue weighted by atomic mass is 16.2. The monoisotopic (exact) mass is 360 g/mol. The van der Waals surface area contributed by atoms with E-state index in [1.54, 1.807) is 6.07 Å². The van der Waals surface area contributed by atoms with E-state index in [4.69, 9.17) is 5.73 Å². The number of aromatic nitrogens is 1. The van der Waals surface area contributed by atoms with Gasteiger partial charge in [-0.3, -0.25) is 9.59 Å². The summed E-state index contributed by atoms with van der Waals surface area (Å²) in [5, 5.41) is 2.38. The SMILES string of the molecule is CC(C)CC[C@H]1[C@H]2C[C@H](CN(C(=O)CNC(N)=O)C2)c2cccc(=O)n21. The molecule has 26 heavy (non-hydrogen) atoms. The van der Waals surface area contributed by atoms with Crippen LogP contribution in [0.2, 0.25) is 0 Å². The number of primary amides is 1. The van der Waals surface area contributed by atoms with Crippen LogP contribution in [-0.2, 0) is 4.79 Å². The molecule has 0 aliphatic carbocycles. The molecule has 142 valence electrons. The molecule has 1 aromatic rings. The molecule has 3 atom stereocenters. The average Bonchev–Trinajstić information content (AvgIpc) is 2.59. The summed E-state index contributed by atoms with van der Waals surface area (Å²) in [5.41, 5.74) is 6.16. The number of pyridine rings is 1. The molecular weight excluding hydrogens is 332 g/mol. The van der Waals surface area contributed by atoms with Crippen LogP contribution in [-0.4, -0.2) is 41.0 Å². The van der Waals surface area contributed by atoms with Gasteiger partial charge in [0.05, 0.1) is 6.54 Å². The minimum absolute atomic E-state index is 0.0566. The Labute approximate surface area is 153 Å². The van der Waals surface area contributed by atoms with E-state index in [9.17, 15) is 14.4 Å². The first-order chi connectivity index (χ1) is 12.4. The Kier molecular flexibility index (Phi) is 5.34. The maximum absolute atomic E-state index is 12.6. The highest BCUT2D eigenvalue weighted by Gasteiger charge is 2.41. The summed E-state index contributed by atoms with van der Waals surface area (Å²) in [7, 11) is 0. The van der Waals surface area contributed by atoms with Crippen molar-refractivity contribution >= 4 is 11.9 Å². The van der Waals surface area contributed by atoms with E-state index in [0.29, 0.717) is 19.0 Å². The van der Waals surface area contributed by atoms with Crippen LogP contribution in [0.5, 0.6) is 0 Å². The summed E-state index contributed by atoms with van der Waals surface area (Å²) in [4.78, 5) is 37.7. The van der Waals surface area contributed by atoms with Crippen molar-refractivity contribution < 1.29 is 9.59 Å². The van der Waals surface area contributed by atoms with Crippen LogP contribution in [0.25, 0.3) is 0 Å². The number of nitrogens with two attached hydrogens (primary N) is 1. The number of amides is 3. The number of carbonyl (C=O) groups excluding carboxylic acids is 2. The fraction of sp³-hybridized carbons (Fsp3) is 0.632. The molecule has 2 bridgehead atoms. The van der Waals surface area contributed by atoms with Gasteiger partial charge in [-0.15, -0.1) is 0 Å². The number of piperidine rings is 1. The van der Waals surface area contributed by atoms with E-state index in [-0.39, 0.29) is 35.9 Å². The van der Waals surface area contributed by atoms with Gasteiger partial charge >= 0.3 is 6.03 Å². The third-order valence-electron chi connectivity index (χ3n) is 5.60. The average molecular weight is 360 g/mol. The predicted octanol–water partition coefficient (Wildman–Crippen LogP) is 1.44.